The van der Waals surface area contributed by atoms with Crippen molar-refractivity contribution in [3.05, 3.63) is 48.0 Å². The van der Waals surface area contributed by atoms with E-state index in [0.29, 0.717) is 3.97 Å². The van der Waals surface area contributed by atoms with Gasteiger partial charge < -0.3 is 10.2 Å². The number of nitrogens with zero attached hydrogens (tertiary/aromatic N) is 2. The van der Waals surface area contributed by atoms with Crippen LogP contribution in [0.1, 0.15) is 17.2 Å². The lowest BCUT2D eigenvalue weighted by Gasteiger charge is -2.05. The summed E-state index contributed by atoms with van der Waals surface area (Å²) in [7, 11) is -3.95. The van der Waals surface area contributed by atoms with E-state index in [2.05, 4.69) is 4.98 Å². The smallest absolute Gasteiger partial charge is 0.324 e. The number of aliphatic carboxylic acids is 2. The van der Waals surface area contributed by atoms with Crippen LogP contribution in [0.25, 0.3) is 0 Å². The van der Waals surface area contributed by atoms with Gasteiger partial charge in [0.05, 0.1) is 10.6 Å². The van der Waals surface area contributed by atoms with Crippen LogP contribution in [0.15, 0.2) is 41.7 Å². The second kappa shape index (κ2) is 5.60. The third kappa shape index (κ3) is 2.84. The lowest BCUT2D eigenvalue weighted by molar-refractivity contribution is -0.150. The molecule has 0 radical (unpaired) electrons. The number of rotatable bonds is 5. The summed E-state index contributed by atoms with van der Waals surface area (Å²) in [5.41, 5.74) is 0.512. The van der Waals surface area contributed by atoms with E-state index in [4.69, 9.17) is 10.2 Å². The van der Waals surface area contributed by atoms with Gasteiger partial charge in [-0.3, -0.25) is 9.59 Å². The van der Waals surface area contributed by atoms with Crippen molar-refractivity contribution in [1.82, 2.24) is 8.96 Å². The Morgan fingerprint density at radius 1 is 1.14 bits per heavy atom. The maximum absolute atomic E-state index is 12.3. The Hall–Kier alpha value is -2.68. The zero-order valence-electron chi connectivity index (χ0n) is 11.4. The van der Waals surface area contributed by atoms with Crippen molar-refractivity contribution in [2.45, 2.75) is 17.7 Å². The summed E-state index contributed by atoms with van der Waals surface area (Å²) in [6.07, 6.45) is 1.77. The third-order valence-corrected chi connectivity index (χ3v) is 4.59. The molecule has 116 valence electrons. The third-order valence-electron chi connectivity index (χ3n) is 2.97. The van der Waals surface area contributed by atoms with Crippen molar-refractivity contribution < 1.29 is 28.2 Å². The molecule has 0 saturated carbocycles. The van der Waals surface area contributed by atoms with Gasteiger partial charge in [-0.2, -0.15) is 0 Å². The summed E-state index contributed by atoms with van der Waals surface area (Å²) in [4.78, 5) is 25.4. The Balaban J connectivity index is 2.44. The average Bonchev–Trinajstić information content (AvgIpc) is 2.88. The van der Waals surface area contributed by atoms with Crippen molar-refractivity contribution in [2.75, 3.05) is 0 Å². The first kappa shape index (κ1) is 15.7. The highest BCUT2D eigenvalue weighted by molar-refractivity contribution is 7.90. The number of hydrogen-bond acceptors (Lipinski definition) is 5. The molecule has 0 aliphatic heterocycles. The minimum atomic E-state index is -3.95. The molecule has 0 aliphatic rings. The second-order valence-electron chi connectivity index (χ2n) is 4.56. The summed E-state index contributed by atoms with van der Waals surface area (Å²) in [5.74, 6) is -5.16. The number of benzene rings is 1. The lowest BCUT2D eigenvalue weighted by atomic mass is 10.1. The maximum Gasteiger partial charge on any atom is 0.324 e. The van der Waals surface area contributed by atoms with Crippen LogP contribution in [0.3, 0.4) is 0 Å². The topological polar surface area (TPSA) is 127 Å². The highest BCUT2D eigenvalue weighted by atomic mass is 32.2. The zero-order chi connectivity index (χ0) is 16.5. The molecule has 0 fully saturated rings. The van der Waals surface area contributed by atoms with Gasteiger partial charge in [-0.1, -0.05) is 17.7 Å². The summed E-state index contributed by atoms with van der Waals surface area (Å²) in [6.45, 7) is 1.80. The van der Waals surface area contributed by atoms with Crippen LogP contribution >= 0.6 is 0 Å². The van der Waals surface area contributed by atoms with Crippen LogP contribution in [0.2, 0.25) is 0 Å². The lowest BCUT2D eigenvalue weighted by Crippen LogP contribution is -2.21. The fourth-order valence-corrected chi connectivity index (χ4v) is 2.93. The molecule has 0 saturated heterocycles. The average molecular weight is 324 g/mol. The van der Waals surface area contributed by atoms with Gasteiger partial charge in [0, 0.05) is 6.20 Å². The number of aryl methyl sites for hydroxylation is 1. The number of carboxylic acid groups (broad SMARTS) is 2. The van der Waals surface area contributed by atoms with Crippen LogP contribution in [0.4, 0.5) is 0 Å². The summed E-state index contributed by atoms with van der Waals surface area (Å²) in [5, 5.41) is 17.8. The fraction of sp³-hybridized carbons (Fsp3) is 0.154. The zero-order valence-corrected chi connectivity index (χ0v) is 12.2. The van der Waals surface area contributed by atoms with E-state index in [1.165, 1.54) is 12.1 Å². The van der Waals surface area contributed by atoms with E-state index in [9.17, 15) is 18.0 Å². The first-order valence-electron chi connectivity index (χ1n) is 6.05. The molecule has 0 spiro atoms. The first-order valence-corrected chi connectivity index (χ1v) is 7.49. The SMILES string of the molecule is Cc1ccc(S(=O)(=O)n2cnc(C(C(=O)O)C(=O)O)c2)cc1. The number of carboxylic acids is 2. The van der Waals surface area contributed by atoms with Crippen LogP contribution in [-0.4, -0.2) is 39.5 Å². The highest BCUT2D eigenvalue weighted by Gasteiger charge is 2.31. The molecule has 1 aromatic carbocycles. The molecular formula is C13H12N2O6S. The van der Waals surface area contributed by atoms with Gasteiger partial charge in [-0.25, -0.2) is 17.4 Å². The summed E-state index contributed by atoms with van der Waals surface area (Å²) in [6, 6.07) is 6.02. The highest BCUT2D eigenvalue weighted by Crippen LogP contribution is 2.19. The number of aromatic nitrogens is 2. The number of imidazole rings is 1. The predicted molar refractivity (Wildman–Crippen MR) is 74.0 cm³/mol. The van der Waals surface area contributed by atoms with Gasteiger partial charge in [-0.05, 0) is 19.1 Å². The minimum absolute atomic E-state index is 0.00995. The van der Waals surface area contributed by atoms with E-state index >= 15 is 0 Å². The van der Waals surface area contributed by atoms with Crippen LogP contribution in [0, 0.1) is 6.92 Å². The largest absolute Gasteiger partial charge is 0.480 e. The molecule has 2 aromatic rings. The van der Waals surface area contributed by atoms with Crippen molar-refractivity contribution in [1.29, 1.82) is 0 Å². The normalized spacial score (nSPS) is 11.5. The molecule has 2 rings (SSSR count). The molecular weight excluding hydrogens is 312 g/mol. The van der Waals surface area contributed by atoms with Crippen molar-refractivity contribution in [3.63, 3.8) is 0 Å². The Bertz CT molecular complexity index is 808. The molecule has 0 bridgehead atoms. The molecule has 22 heavy (non-hydrogen) atoms. The van der Waals surface area contributed by atoms with Gasteiger partial charge >= 0.3 is 11.9 Å². The first-order chi connectivity index (χ1) is 10.2. The van der Waals surface area contributed by atoms with Gasteiger partial charge in [0.15, 0.2) is 5.92 Å². The van der Waals surface area contributed by atoms with Crippen LogP contribution < -0.4 is 0 Å². The molecule has 9 heteroatoms. The molecule has 1 aromatic heterocycles. The molecule has 8 nitrogen and oxygen atoms in total. The molecule has 0 amide bonds. The number of carbonyl (C=O) groups is 2. The van der Waals surface area contributed by atoms with Crippen molar-refractivity contribution in [2.24, 2.45) is 0 Å². The van der Waals surface area contributed by atoms with E-state index in [-0.39, 0.29) is 10.6 Å². The van der Waals surface area contributed by atoms with Gasteiger partial charge in [0.25, 0.3) is 10.0 Å². The Morgan fingerprint density at radius 2 is 1.68 bits per heavy atom. The van der Waals surface area contributed by atoms with Gasteiger partial charge in [-0.15, -0.1) is 0 Å². The summed E-state index contributed by atoms with van der Waals surface area (Å²) >= 11 is 0. The fourth-order valence-electron chi connectivity index (χ4n) is 1.79. The predicted octanol–water partition coefficient (Wildman–Crippen LogP) is 0.681. The minimum Gasteiger partial charge on any atom is -0.480 e. The quantitative estimate of drug-likeness (QED) is 0.774. The van der Waals surface area contributed by atoms with E-state index in [1.807, 2.05) is 0 Å². The Labute approximate surface area is 125 Å². The van der Waals surface area contributed by atoms with Crippen molar-refractivity contribution >= 4 is 22.0 Å². The number of hydrogen-bond donors (Lipinski definition) is 2. The van der Waals surface area contributed by atoms with E-state index in [0.717, 1.165) is 18.1 Å². The maximum atomic E-state index is 12.3. The molecule has 0 aliphatic carbocycles. The van der Waals surface area contributed by atoms with Gasteiger partial charge in [0.2, 0.25) is 0 Å². The van der Waals surface area contributed by atoms with Crippen LogP contribution in [0.5, 0.6) is 0 Å². The van der Waals surface area contributed by atoms with Crippen LogP contribution in [-0.2, 0) is 19.6 Å². The standard InChI is InChI=1S/C13H12N2O6S/c1-8-2-4-9(5-3-8)22(20,21)15-6-10(14-7-15)11(12(16)17)13(18)19/h2-7,11H,1H3,(H,16,17)(H,18,19). The molecule has 2 N–H and O–H groups in total. The van der Waals surface area contributed by atoms with Gasteiger partial charge in [0.1, 0.15) is 6.33 Å². The molecule has 1 heterocycles. The Morgan fingerprint density at radius 3 is 2.18 bits per heavy atom. The Kier molecular flexibility index (Phi) is 4.00. The monoisotopic (exact) mass is 324 g/mol. The van der Waals surface area contributed by atoms with E-state index < -0.39 is 27.9 Å². The van der Waals surface area contributed by atoms with Crippen molar-refractivity contribution in [3.8, 4) is 0 Å². The second-order valence-corrected chi connectivity index (χ2v) is 6.40. The molecule has 0 atom stereocenters. The molecule has 0 unspecified atom stereocenters. The van der Waals surface area contributed by atoms with E-state index in [1.54, 1.807) is 19.1 Å². The summed E-state index contributed by atoms with van der Waals surface area (Å²) < 4.78 is 25.4.